The molecule has 0 nitrogen and oxygen atoms in total. The maximum absolute atomic E-state index is 3.33. The van der Waals surface area contributed by atoms with Gasteiger partial charge >= 0.3 is 0 Å². The van der Waals surface area contributed by atoms with E-state index in [2.05, 4.69) is 86.4 Å². The minimum atomic E-state index is 0.754. The number of allylic oxidation sites excluding steroid dienone is 2. The van der Waals surface area contributed by atoms with Crippen molar-refractivity contribution in [2.75, 3.05) is 0 Å². The van der Waals surface area contributed by atoms with E-state index in [1.165, 1.54) is 49.7 Å². The van der Waals surface area contributed by atoms with Crippen LogP contribution in [0.2, 0.25) is 0 Å². The molecule has 1 saturated carbocycles. The zero-order chi connectivity index (χ0) is 20.3. The minimum absolute atomic E-state index is 0.754. The average Bonchev–Trinajstić information content (AvgIpc) is 2.77. The summed E-state index contributed by atoms with van der Waals surface area (Å²) >= 11 is 0. The summed E-state index contributed by atoms with van der Waals surface area (Å²) in [6.45, 7) is 4.49. The average molecular weight is 385 g/mol. The van der Waals surface area contributed by atoms with Gasteiger partial charge in [-0.05, 0) is 92.2 Å². The van der Waals surface area contributed by atoms with Crippen LogP contribution in [0.4, 0.5) is 0 Å². The molecular formula is C29H36. The van der Waals surface area contributed by atoms with Gasteiger partial charge in [0.2, 0.25) is 0 Å². The van der Waals surface area contributed by atoms with Gasteiger partial charge in [-0.1, -0.05) is 74.9 Å². The summed E-state index contributed by atoms with van der Waals surface area (Å²) in [5, 5.41) is 0. The summed E-state index contributed by atoms with van der Waals surface area (Å²) in [7, 11) is 0. The van der Waals surface area contributed by atoms with E-state index in [1.54, 1.807) is 0 Å². The minimum Gasteiger partial charge on any atom is -0.0888 e. The lowest BCUT2D eigenvalue weighted by molar-refractivity contribution is 0.308. The highest BCUT2D eigenvalue weighted by Gasteiger charge is 2.21. The number of rotatable bonds is 7. The highest BCUT2D eigenvalue weighted by atomic mass is 14.3. The standard InChI is InChI=1S/C29H36/c1-3-5-6-7-9-25-10-12-26(13-11-25)14-15-27-18-22-29(23-19-27)28-20-16-24(8-4-2)17-21-28/h5-6,10-13,18-19,22-24,28H,3-4,7-9,16-17,20-21H2,1-2H3/b6-5+. The van der Waals surface area contributed by atoms with Crippen molar-refractivity contribution in [3.8, 4) is 11.8 Å². The Morgan fingerprint density at radius 3 is 2.00 bits per heavy atom. The van der Waals surface area contributed by atoms with Gasteiger partial charge in [-0.3, -0.25) is 0 Å². The first-order chi connectivity index (χ1) is 14.3. The molecule has 2 aromatic rings. The maximum Gasteiger partial charge on any atom is 0.0249 e. The molecule has 0 atom stereocenters. The quantitative estimate of drug-likeness (QED) is 0.334. The normalized spacial score (nSPS) is 19.1. The van der Waals surface area contributed by atoms with Crippen molar-refractivity contribution in [1.82, 2.24) is 0 Å². The molecule has 1 aliphatic carbocycles. The first kappa shape index (κ1) is 21.4. The Morgan fingerprint density at radius 1 is 0.793 bits per heavy atom. The van der Waals surface area contributed by atoms with Crippen LogP contribution in [0.5, 0.6) is 0 Å². The Labute approximate surface area is 178 Å². The Bertz CT molecular complexity index is 803. The Balaban J connectivity index is 1.53. The highest BCUT2D eigenvalue weighted by molar-refractivity contribution is 5.44. The molecule has 0 unspecified atom stereocenters. The zero-order valence-electron chi connectivity index (χ0n) is 18.3. The number of aryl methyl sites for hydroxylation is 1. The summed E-state index contributed by atoms with van der Waals surface area (Å²) < 4.78 is 0. The molecule has 0 aliphatic heterocycles. The molecule has 1 fully saturated rings. The third kappa shape index (κ3) is 6.93. The summed E-state index contributed by atoms with van der Waals surface area (Å²) in [5.74, 6) is 8.38. The molecule has 0 N–H and O–H groups in total. The van der Waals surface area contributed by atoms with Crippen molar-refractivity contribution in [3.63, 3.8) is 0 Å². The van der Waals surface area contributed by atoms with E-state index in [1.807, 2.05) is 0 Å². The van der Waals surface area contributed by atoms with Gasteiger partial charge in [0.05, 0.1) is 0 Å². The summed E-state index contributed by atoms with van der Waals surface area (Å²) in [5.41, 5.74) is 5.10. The first-order valence-electron chi connectivity index (χ1n) is 11.6. The van der Waals surface area contributed by atoms with E-state index in [0.29, 0.717) is 0 Å². The second-order valence-corrected chi connectivity index (χ2v) is 8.49. The van der Waals surface area contributed by atoms with Crippen LogP contribution < -0.4 is 0 Å². The van der Waals surface area contributed by atoms with Gasteiger partial charge in [-0.15, -0.1) is 0 Å². The molecule has 3 rings (SSSR count). The Hall–Kier alpha value is -2.26. The van der Waals surface area contributed by atoms with Gasteiger partial charge in [0, 0.05) is 11.1 Å². The fourth-order valence-corrected chi connectivity index (χ4v) is 4.46. The third-order valence-electron chi connectivity index (χ3n) is 6.23. The lowest BCUT2D eigenvalue weighted by atomic mass is 9.77. The Morgan fingerprint density at radius 2 is 1.41 bits per heavy atom. The second-order valence-electron chi connectivity index (χ2n) is 8.49. The molecular weight excluding hydrogens is 348 g/mol. The fourth-order valence-electron chi connectivity index (χ4n) is 4.46. The topological polar surface area (TPSA) is 0 Å². The predicted molar refractivity (Wildman–Crippen MR) is 126 cm³/mol. The highest BCUT2D eigenvalue weighted by Crippen LogP contribution is 2.37. The van der Waals surface area contributed by atoms with Crippen LogP contribution in [-0.2, 0) is 6.42 Å². The van der Waals surface area contributed by atoms with Crippen LogP contribution in [0, 0.1) is 17.8 Å². The largest absolute Gasteiger partial charge is 0.0888 e. The maximum atomic E-state index is 3.33. The monoisotopic (exact) mass is 384 g/mol. The molecule has 152 valence electrons. The molecule has 29 heavy (non-hydrogen) atoms. The van der Waals surface area contributed by atoms with Crippen LogP contribution in [0.3, 0.4) is 0 Å². The fraction of sp³-hybridized carbons (Fsp3) is 0.448. The van der Waals surface area contributed by atoms with Gasteiger partial charge < -0.3 is 0 Å². The van der Waals surface area contributed by atoms with E-state index in [4.69, 9.17) is 0 Å². The van der Waals surface area contributed by atoms with Crippen LogP contribution in [-0.4, -0.2) is 0 Å². The molecule has 0 saturated heterocycles. The summed E-state index contributed by atoms with van der Waals surface area (Å²) in [4.78, 5) is 0. The van der Waals surface area contributed by atoms with E-state index < -0.39 is 0 Å². The van der Waals surface area contributed by atoms with Crippen molar-refractivity contribution in [2.45, 2.75) is 77.6 Å². The molecule has 1 aliphatic rings. The molecule has 0 amide bonds. The van der Waals surface area contributed by atoms with Crippen molar-refractivity contribution < 1.29 is 0 Å². The number of hydrogen-bond acceptors (Lipinski definition) is 0. The van der Waals surface area contributed by atoms with Crippen LogP contribution in [0.15, 0.2) is 60.7 Å². The van der Waals surface area contributed by atoms with E-state index in [9.17, 15) is 0 Å². The van der Waals surface area contributed by atoms with Gasteiger partial charge in [0.15, 0.2) is 0 Å². The van der Waals surface area contributed by atoms with E-state index >= 15 is 0 Å². The van der Waals surface area contributed by atoms with Gasteiger partial charge in [-0.2, -0.15) is 0 Å². The van der Waals surface area contributed by atoms with Gasteiger partial charge in [0.1, 0.15) is 0 Å². The SMILES string of the molecule is CC/C=C/CCc1ccc(C#Cc2ccc(C3CCC(CCC)CC3)cc2)cc1. The molecule has 0 bridgehead atoms. The summed E-state index contributed by atoms with van der Waals surface area (Å²) in [6, 6.07) is 17.7. The van der Waals surface area contributed by atoms with Crippen molar-refractivity contribution in [2.24, 2.45) is 5.92 Å². The van der Waals surface area contributed by atoms with E-state index in [0.717, 1.165) is 42.2 Å². The smallest absolute Gasteiger partial charge is 0.0249 e. The number of hydrogen-bond donors (Lipinski definition) is 0. The predicted octanol–water partition coefficient (Wildman–Crippen LogP) is 8.06. The molecule has 0 aromatic heterocycles. The lowest BCUT2D eigenvalue weighted by Crippen LogP contribution is -2.13. The van der Waals surface area contributed by atoms with Crippen molar-refractivity contribution >= 4 is 0 Å². The van der Waals surface area contributed by atoms with Crippen molar-refractivity contribution in [1.29, 1.82) is 0 Å². The number of benzene rings is 2. The summed E-state index contributed by atoms with van der Waals surface area (Å²) in [6.07, 6.45) is 16.1. The van der Waals surface area contributed by atoms with Crippen LogP contribution >= 0.6 is 0 Å². The molecule has 2 aromatic carbocycles. The third-order valence-corrected chi connectivity index (χ3v) is 6.23. The molecule has 0 spiro atoms. The molecule has 0 radical (unpaired) electrons. The lowest BCUT2D eigenvalue weighted by Gasteiger charge is -2.28. The van der Waals surface area contributed by atoms with Crippen LogP contribution in [0.1, 0.15) is 93.4 Å². The van der Waals surface area contributed by atoms with Gasteiger partial charge in [0.25, 0.3) is 0 Å². The van der Waals surface area contributed by atoms with E-state index in [-0.39, 0.29) is 0 Å². The van der Waals surface area contributed by atoms with Gasteiger partial charge in [-0.25, -0.2) is 0 Å². The first-order valence-corrected chi connectivity index (χ1v) is 11.6. The second kappa shape index (κ2) is 11.7. The van der Waals surface area contributed by atoms with Crippen molar-refractivity contribution in [3.05, 3.63) is 82.9 Å². The Kier molecular flexibility index (Phi) is 8.63. The van der Waals surface area contributed by atoms with Crippen LogP contribution in [0.25, 0.3) is 0 Å². The molecule has 0 heterocycles. The molecule has 0 heteroatoms. The zero-order valence-corrected chi connectivity index (χ0v) is 18.3.